The molecular weight excluding hydrogens is 248 g/mol. The van der Waals surface area contributed by atoms with Crippen LogP contribution in [0, 0.1) is 0 Å². The Morgan fingerprint density at radius 2 is 0.867 bits per heavy atom. The first-order valence-electron chi connectivity index (χ1n) is 5.03. The Balaban J connectivity index is 0.00000112. The molecule has 2 aromatic rings. The first kappa shape index (κ1) is 12.0. The van der Waals surface area contributed by atoms with Crippen molar-refractivity contribution in [3.8, 4) is 0 Å². The summed E-state index contributed by atoms with van der Waals surface area (Å²) in [6.07, 6.45) is 2.26. The van der Waals surface area contributed by atoms with E-state index in [0.29, 0.717) is 0 Å². The number of benzene rings is 2. The highest BCUT2D eigenvalue weighted by Gasteiger charge is 1.93. The van der Waals surface area contributed by atoms with Gasteiger partial charge in [-0.15, -0.1) is 17.0 Å². The zero-order valence-corrected chi connectivity index (χ0v) is 10.3. The average Bonchev–Trinajstić information content (AvgIpc) is 2.29. The second kappa shape index (κ2) is 6.41. The van der Waals surface area contributed by atoms with Gasteiger partial charge < -0.3 is 0 Å². The van der Waals surface area contributed by atoms with Gasteiger partial charge in [0.15, 0.2) is 0 Å². The molecule has 0 radical (unpaired) electrons. The zero-order chi connectivity index (χ0) is 9.64. The predicted octanol–water partition coefficient (Wildman–Crippen LogP) is 4.05. The van der Waals surface area contributed by atoms with Crippen molar-refractivity contribution in [1.29, 1.82) is 0 Å². The number of aryl methyl sites for hydroxylation is 2. The van der Waals surface area contributed by atoms with Crippen LogP contribution in [0.15, 0.2) is 60.7 Å². The van der Waals surface area contributed by atoms with E-state index in [1.165, 1.54) is 11.1 Å². The van der Waals surface area contributed by atoms with E-state index in [2.05, 4.69) is 60.7 Å². The molecular formula is C14H15Br. The molecule has 0 nitrogen and oxygen atoms in total. The van der Waals surface area contributed by atoms with Gasteiger partial charge in [-0.05, 0) is 24.0 Å². The summed E-state index contributed by atoms with van der Waals surface area (Å²) in [5.74, 6) is 0. The first-order chi connectivity index (χ1) is 6.95. The fourth-order valence-electron chi connectivity index (χ4n) is 1.58. The van der Waals surface area contributed by atoms with Gasteiger partial charge in [0.05, 0.1) is 0 Å². The molecule has 2 aromatic carbocycles. The highest BCUT2D eigenvalue weighted by Crippen LogP contribution is 2.06. The second-order valence-electron chi connectivity index (χ2n) is 3.47. The van der Waals surface area contributed by atoms with Crippen LogP contribution in [0.1, 0.15) is 11.1 Å². The van der Waals surface area contributed by atoms with Crippen LogP contribution in [-0.2, 0) is 12.8 Å². The molecule has 0 saturated heterocycles. The molecule has 0 heterocycles. The zero-order valence-electron chi connectivity index (χ0n) is 8.60. The van der Waals surface area contributed by atoms with Crippen molar-refractivity contribution in [1.82, 2.24) is 0 Å². The Morgan fingerprint density at radius 1 is 0.533 bits per heavy atom. The topological polar surface area (TPSA) is 0 Å². The van der Waals surface area contributed by atoms with E-state index in [1.54, 1.807) is 0 Å². The Morgan fingerprint density at radius 3 is 1.20 bits per heavy atom. The third-order valence-corrected chi connectivity index (χ3v) is 2.39. The van der Waals surface area contributed by atoms with Gasteiger partial charge in [0.25, 0.3) is 0 Å². The lowest BCUT2D eigenvalue weighted by Crippen LogP contribution is -1.89. The van der Waals surface area contributed by atoms with E-state index in [-0.39, 0.29) is 17.0 Å². The second-order valence-corrected chi connectivity index (χ2v) is 3.47. The molecule has 15 heavy (non-hydrogen) atoms. The van der Waals surface area contributed by atoms with E-state index in [0.717, 1.165) is 12.8 Å². The maximum absolute atomic E-state index is 2.18. The SMILES string of the molecule is Br.c1ccc(CCc2ccccc2)cc1. The van der Waals surface area contributed by atoms with E-state index in [4.69, 9.17) is 0 Å². The largest absolute Gasteiger partial charge is 0.114 e. The lowest BCUT2D eigenvalue weighted by atomic mass is 10.0. The summed E-state index contributed by atoms with van der Waals surface area (Å²) in [5, 5.41) is 0. The molecule has 0 spiro atoms. The van der Waals surface area contributed by atoms with Crippen LogP contribution in [0.4, 0.5) is 0 Å². The van der Waals surface area contributed by atoms with Crippen molar-refractivity contribution in [3.05, 3.63) is 71.8 Å². The molecule has 0 aliphatic carbocycles. The van der Waals surface area contributed by atoms with Crippen LogP contribution in [0.5, 0.6) is 0 Å². The van der Waals surface area contributed by atoms with E-state index < -0.39 is 0 Å². The fraction of sp³-hybridized carbons (Fsp3) is 0.143. The quantitative estimate of drug-likeness (QED) is 0.783. The predicted molar refractivity (Wildman–Crippen MR) is 70.6 cm³/mol. The van der Waals surface area contributed by atoms with Gasteiger partial charge in [-0.1, -0.05) is 60.7 Å². The molecule has 0 amide bonds. The third-order valence-electron chi connectivity index (χ3n) is 2.39. The Kier molecular flexibility index (Phi) is 5.13. The van der Waals surface area contributed by atoms with E-state index in [9.17, 15) is 0 Å². The van der Waals surface area contributed by atoms with Gasteiger partial charge in [0, 0.05) is 0 Å². The Bertz CT molecular complexity index is 328. The summed E-state index contributed by atoms with van der Waals surface area (Å²) in [6.45, 7) is 0. The number of halogens is 1. The molecule has 0 fully saturated rings. The van der Waals surface area contributed by atoms with Gasteiger partial charge in [0.1, 0.15) is 0 Å². The third kappa shape index (κ3) is 3.88. The molecule has 0 aromatic heterocycles. The van der Waals surface area contributed by atoms with Crippen LogP contribution in [0.25, 0.3) is 0 Å². The monoisotopic (exact) mass is 262 g/mol. The summed E-state index contributed by atoms with van der Waals surface area (Å²) in [6, 6.07) is 21.2. The van der Waals surface area contributed by atoms with Gasteiger partial charge in [-0.25, -0.2) is 0 Å². The van der Waals surface area contributed by atoms with Crippen molar-refractivity contribution >= 4 is 17.0 Å². The standard InChI is InChI=1S/C14H14.BrH/c1-3-7-13(8-4-1)11-12-14-9-5-2-6-10-14;/h1-10H,11-12H2;1H. The van der Waals surface area contributed by atoms with Crippen molar-refractivity contribution in [2.75, 3.05) is 0 Å². The van der Waals surface area contributed by atoms with Crippen LogP contribution < -0.4 is 0 Å². The molecule has 0 aliphatic rings. The van der Waals surface area contributed by atoms with Gasteiger partial charge in [-0.3, -0.25) is 0 Å². The molecule has 0 aliphatic heterocycles. The smallest absolute Gasteiger partial charge is 0.0238 e. The van der Waals surface area contributed by atoms with Crippen LogP contribution in [-0.4, -0.2) is 0 Å². The minimum atomic E-state index is 0. The maximum atomic E-state index is 2.18. The molecule has 0 unspecified atom stereocenters. The molecule has 2 rings (SSSR count). The highest BCUT2D eigenvalue weighted by atomic mass is 79.9. The first-order valence-corrected chi connectivity index (χ1v) is 5.03. The summed E-state index contributed by atoms with van der Waals surface area (Å²) >= 11 is 0. The lowest BCUT2D eigenvalue weighted by molar-refractivity contribution is 0.960. The van der Waals surface area contributed by atoms with Crippen LogP contribution >= 0.6 is 17.0 Å². The minimum Gasteiger partial charge on any atom is -0.114 e. The fourth-order valence-corrected chi connectivity index (χ4v) is 1.58. The lowest BCUT2D eigenvalue weighted by Gasteiger charge is -2.01. The summed E-state index contributed by atoms with van der Waals surface area (Å²) < 4.78 is 0. The number of hydrogen-bond acceptors (Lipinski definition) is 0. The Hall–Kier alpha value is -1.08. The van der Waals surface area contributed by atoms with Crippen molar-refractivity contribution < 1.29 is 0 Å². The van der Waals surface area contributed by atoms with Crippen molar-refractivity contribution in [2.45, 2.75) is 12.8 Å². The average molecular weight is 263 g/mol. The molecule has 0 N–H and O–H groups in total. The highest BCUT2D eigenvalue weighted by molar-refractivity contribution is 8.93. The number of hydrogen-bond donors (Lipinski definition) is 0. The molecule has 0 saturated carbocycles. The van der Waals surface area contributed by atoms with Crippen LogP contribution in [0.3, 0.4) is 0 Å². The van der Waals surface area contributed by atoms with Crippen LogP contribution in [0.2, 0.25) is 0 Å². The molecule has 78 valence electrons. The van der Waals surface area contributed by atoms with Crippen molar-refractivity contribution in [3.63, 3.8) is 0 Å². The normalized spacial score (nSPS) is 9.33. The maximum Gasteiger partial charge on any atom is -0.0238 e. The summed E-state index contributed by atoms with van der Waals surface area (Å²) in [5.41, 5.74) is 2.83. The molecule has 0 atom stereocenters. The minimum absolute atomic E-state index is 0. The van der Waals surface area contributed by atoms with Gasteiger partial charge >= 0.3 is 0 Å². The van der Waals surface area contributed by atoms with E-state index >= 15 is 0 Å². The Labute approximate surface area is 102 Å². The van der Waals surface area contributed by atoms with Gasteiger partial charge in [-0.2, -0.15) is 0 Å². The van der Waals surface area contributed by atoms with Gasteiger partial charge in [0.2, 0.25) is 0 Å². The van der Waals surface area contributed by atoms with Crippen molar-refractivity contribution in [2.24, 2.45) is 0 Å². The summed E-state index contributed by atoms with van der Waals surface area (Å²) in [7, 11) is 0. The molecule has 0 bridgehead atoms. The summed E-state index contributed by atoms with van der Waals surface area (Å²) in [4.78, 5) is 0. The van der Waals surface area contributed by atoms with E-state index in [1.807, 2.05) is 0 Å². The number of rotatable bonds is 3. The molecule has 1 heteroatoms.